The van der Waals surface area contributed by atoms with Gasteiger partial charge in [-0.1, -0.05) is 161 Å². The normalized spacial score (nSPS) is 12.0. The summed E-state index contributed by atoms with van der Waals surface area (Å²) < 4.78 is 13.8. The number of nitrogens with zero attached hydrogens (tertiary/aromatic N) is 4. The minimum atomic E-state index is 0.140. The first-order valence-corrected chi connectivity index (χ1v) is 25.3. The first-order valence-electron chi connectivity index (χ1n) is 25.3. The SMILES string of the molecule is CC(C)c1cc(N(c2cc(C#N)c3ccccc3c2)c2cccc3c2oc2ccccc23)c2ccc3c(C(C)C)cc(N(c4cc(C#N)c5ccccc5c4)c4cccc5c4oc4ccccc45)c4ccc1c2c34. The van der Waals surface area contributed by atoms with E-state index in [9.17, 15) is 10.5 Å². The summed E-state index contributed by atoms with van der Waals surface area (Å²) >= 11 is 0. The number of furan rings is 2. The molecule has 6 heteroatoms. The van der Waals surface area contributed by atoms with Gasteiger partial charge < -0.3 is 18.6 Å². The predicted molar refractivity (Wildman–Crippen MR) is 307 cm³/mol. The van der Waals surface area contributed by atoms with Gasteiger partial charge in [-0.25, -0.2) is 0 Å². The molecule has 0 spiro atoms. The first kappa shape index (κ1) is 43.2. The highest BCUT2D eigenvalue weighted by Gasteiger charge is 2.29. The lowest BCUT2D eigenvalue weighted by Gasteiger charge is -2.32. The summed E-state index contributed by atoms with van der Waals surface area (Å²) in [6, 6.07) is 73.0. The van der Waals surface area contributed by atoms with Gasteiger partial charge in [0.1, 0.15) is 11.2 Å². The van der Waals surface area contributed by atoms with Crippen LogP contribution in [0.2, 0.25) is 0 Å². The molecule has 0 radical (unpaired) electrons. The highest BCUT2D eigenvalue weighted by Crippen LogP contribution is 2.53. The van der Waals surface area contributed by atoms with E-state index in [0.717, 1.165) is 121 Å². The maximum atomic E-state index is 10.8. The van der Waals surface area contributed by atoms with Gasteiger partial charge in [0.25, 0.3) is 0 Å². The number of anilines is 6. The lowest BCUT2D eigenvalue weighted by molar-refractivity contribution is 0.668. The van der Waals surface area contributed by atoms with Gasteiger partial charge in [-0.05, 0) is 127 Å². The van der Waals surface area contributed by atoms with Crippen molar-refractivity contribution in [3.8, 4) is 12.1 Å². The van der Waals surface area contributed by atoms with E-state index >= 15 is 0 Å². The Morgan fingerprint density at radius 3 is 1.15 bits per heavy atom. The van der Waals surface area contributed by atoms with E-state index in [2.05, 4.69) is 171 Å². The van der Waals surface area contributed by atoms with Crippen LogP contribution in [0, 0.1) is 22.7 Å². The van der Waals surface area contributed by atoms with Crippen molar-refractivity contribution in [2.45, 2.75) is 39.5 Å². The van der Waals surface area contributed by atoms with Crippen LogP contribution in [0.15, 0.2) is 203 Å². The van der Waals surface area contributed by atoms with E-state index in [1.54, 1.807) is 0 Å². The minimum Gasteiger partial charge on any atom is -0.454 e. The molecule has 0 aliphatic carbocycles. The van der Waals surface area contributed by atoms with Crippen molar-refractivity contribution in [3.63, 3.8) is 0 Å². The fourth-order valence-corrected chi connectivity index (χ4v) is 12.0. The Morgan fingerprint density at radius 1 is 0.351 bits per heavy atom. The molecule has 0 saturated heterocycles. The highest BCUT2D eigenvalue weighted by atomic mass is 16.3. The van der Waals surface area contributed by atoms with Crippen molar-refractivity contribution in [1.82, 2.24) is 0 Å². The van der Waals surface area contributed by atoms with Crippen molar-refractivity contribution < 1.29 is 8.83 Å². The maximum absolute atomic E-state index is 10.8. The number of rotatable bonds is 8. The molecule has 0 bridgehead atoms. The van der Waals surface area contributed by atoms with E-state index in [1.165, 1.54) is 21.9 Å². The highest BCUT2D eigenvalue weighted by molar-refractivity contribution is 6.30. The van der Waals surface area contributed by atoms with Crippen LogP contribution in [-0.4, -0.2) is 0 Å². The molecule has 14 rings (SSSR count). The minimum absolute atomic E-state index is 0.140. The molecule has 0 unspecified atom stereocenters. The second-order valence-electron chi connectivity index (χ2n) is 20.2. The molecule has 0 amide bonds. The van der Waals surface area contributed by atoms with Crippen molar-refractivity contribution in [2.75, 3.05) is 9.80 Å². The number of para-hydroxylation sites is 4. The third kappa shape index (κ3) is 6.35. The summed E-state index contributed by atoms with van der Waals surface area (Å²) in [5, 5.41) is 36.3. The average Bonchev–Trinajstić information content (AvgIpc) is 4.02. The summed E-state index contributed by atoms with van der Waals surface area (Å²) in [7, 11) is 0. The van der Waals surface area contributed by atoms with Crippen molar-refractivity contribution >= 4 is 132 Å². The van der Waals surface area contributed by atoms with Crippen LogP contribution in [0.5, 0.6) is 0 Å². The standard InChI is InChI=1S/C68H46N4O2/c1-39(2)57-35-61(71(45-31-41-15-5-7-17-47(41)43(33-45)37-69)59-23-13-21-53-49-19-9-11-25-63(49)73-67(53)59)55-30-28-52-58(40(3)4)36-62(56-29-27-51(57)65(55)66(52)56)72(46-32-42-16-6-8-18-48(42)44(34-46)38-70)60-24-14-22-54-50-20-10-12-26-64(50)74-68(54)60/h5-36,39-40H,1-4H3. The Balaban J connectivity index is 1.13. The lowest BCUT2D eigenvalue weighted by Crippen LogP contribution is -2.13. The zero-order chi connectivity index (χ0) is 49.9. The molecular weight excluding hydrogens is 905 g/mol. The third-order valence-electron chi connectivity index (χ3n) is 15.3. The molecule has 2 heterocycles. The monoisotopic (exact) mass is 950 g/mol. The first-order chi connectivity index (χ1) is 36.3. The van der Waals surface area contributed by atoms with Crippen LogP contribution in [0.3, 0.4) is 0 Å². The summed E-state index contributed by atoms with van der Waals surface area (Å²) in [4.78, 5) is 4.65. The molecule has 0 aliphatic heterocycles. The van der Waals surface area contributed by atoms with Gasteiger partial charge in [0.05, 0.1) is 46.0 Å². The lowest BCUT2D eigenvalue weighted by atomic mass is 9.84. The van der Waals surface area contributed by atoms with Crippen LogP contribution in [0.1, 0.15) is 61.8 Å². The Morgan fingerprint density at radius 2 is 0.730 bits per heavy atom. The molecule has 0 N–H and O–H groups in total. The van der Waals surface area contributed by atoms with Crippen LogP contribution < -0.4 is 9.80 Å². The van der Waals surface area contributed by atoms with Crippen molar-refractivity contribution in [1.29, 1.82) is 10.5 Å². The van der Waals surface area contributed by atoms with E-state index in [1.807, 2.05) is 72.8 Å². The molecule has 0 atom stereocenters. The Hall–Kier alpha value is -9.62. The van der Waals surface area contributed by atoms with Crippen molar-refractivity contribution in [2.24, 2.45) is 0 Å². The topological polar surface area (TPSA) is 80.3 Å². The van der Waals surface area contributed by atoms with E-state index in [-0.39, 0.29) is 11.8 Å². The molecule has 2 aromatic heterocycles. The van der Waals surface area contributed by atoms with Gasteiger partial charge in [-0.15, -0.1) is 0 Å². The van der Waals surface area contributed by atoms with Crippen LogP contribution in [0.25, 0.3) is 97.7 Å². The second-order valence-corrected chi connectivity index (χ2v) is 20.2. The summed E-state index contributed by atoms with van der Waals surface area (Å²) in [6.45, 7) is 9.10. The summed E-state index contributed by atoms with van der Waals surface area (Å²) in [5.74, 6) is 0.281. The van der Waals surface area contributed by atoms with E-state index in [4.69, 9.17) is 8.83 Å². The number of nitriles is 2. The Labute approximate surface area is 427 Å². The molecule has 350 valence electrons. The number of benzene rings is 12. The van der Waals surface area contributed by atoms with Gasteiger partial charge in [-0.2, -0.15) is 10.5 Å². The fourth-order valence-electron chi connectivity index (χ4n) is 12.0. The predicted octanol–water partition coefficient (Wildman–Crippen LogP) is 19.6. The van der Waals surface area contributed by atoms with Crippen LogP contribution >= 0.6 is 0 Å². The number of hydrogen-bond donors (Lipinski definition) is 0. The summed E-state index contributed by atoms with van der Waals surface area (Å²) in [6.07, 6.45) is 0. The quantitative estimate of drug-likeness (QED) is 0.141. The van der Waals surface area contributed by atoms with Gasteiger partial charge in [-0.3, -0.25) is 0 Å². The van der Waals surface area contributed by atoms with Crippen LogP contribution in [0.4, 0.5) is 34.1 Å². The zero-order valence-corrected chi connectivity index (χ0v) is 41.2. The molecule has 0 fully saturated rings. The van der Waals surface area contributed by atoms with Gasteiger partial charge >= 0.3 is 0 Å². The maximum Gasteiger partial charge on any atom is 0.159 e. The molecule has 74 heavy (non-hydrogen) atoms. The fraction of sp³-hybridized carbons (Fsp3) is 0.0882. The molecule has 0 saturated carbocycles. The second kappa shape index (κ2) is 16.5. The molecule has 14 aromatic rings. The van der Waals surface area contributed by atoms with Gasteiger partial charge in [0.15, 0.2) is 11.2 Å². The van der Waals surface area contributed by atoms with Gasteiger partial charge in [0.2, 0.25) is 0 Å². The summed E-state index contributed by atoms with van der Waals surface area (Å²) in [5.41, 5.74) is 12.2. The smallest absolute Gasteiger partial charge is 0.159 e. The third-order valence-corrected chi connectivity index (χ3v) is 15.3. The van der Waals surface area contributed by atoms with Crippen molar-refractivity contribution in [3.05, 3.63) is 216 Å². The molecule has 12 aromatic carbocycles. The molecular formula is C68H46N4O2. The van der Waals surface area contributed by atoms with E-state index in [0.29, 0.717) is 11.1 Å². The zero-order valence-electron chi connectivity index (χ0n) is 41.2. The number of fused-ring (bicyclic) bond motifs is 8. The van der Waals surface area contributed by atoms with Crippen LogP contribution in [-0.2, 0) is 0 Å². The Bertz CT molecular complexity index is 4430. The Kier molecular flexibility index (Phi) is 9.61. The largest absolute Gasteiger partial charge is 0.454 e. The van der Waals surface area contributed by atoms with Gasteiger partial charge in [0, 0.05) is 43.7 Å². The average molecular weight is 951 g/mol. The molecule has 0 aliphatic rings. The molecule has 6 nitrogen and oxygen atoms in total. The number of hydrogen-bond acceptors (Lipinski definition) is 6. The van der Waals surface area contributed by atoms with E-state index < -0.39 is 0 Å².